The number of aromatic nitrogens is 2. The molecule has 21 heavy (non-hydrogen) atoms. The van der Waals surface area contributed by atoms with Crippen molar-refractivity contribution in [1.29, 1.82) is 0 Å². The summed E-state index contributed by atoms with van der Waals surface area (Å²) in [6.45, 7) is 2.10. The molecule has 0 spiro atoms. The van der Waals surface area contributed by atoms with Crippen molar-refractivity contribution in [3.8, 4) is 11.3 Å². The molecule has 2 heterocycles. The van der Waals surface area contributed by atoms with Crippen LogP contribution in [0.2, 0.25) is 5.02 Å². The second kappa shape index (κ2) is 5.58. The van der Waals surface area contributed by atoms with E-state index in [2.05, 4.69) is 4.98 Å². The number of hydrogen-bond acceptors (Lipinski definition) is 3. The van der Waals surface area contributed by atoms with Crippen LogP contribution in [0.25, 0.3) is 16.9 Å². The van der Waals surface area contributed by atoms with Crippen LogP contribution in [0.5, 0.6) is 0 Å². The zero-order valence-corrected chi connectivity index (χ0v) is 12.2. The average Bonchev–Trinajstić information content (AvgIpc) is 2.87. The standard InChI is InChI=1S/C16H13ClN2O2/c1-2-21-16(20)15-14(11-6-8-12(17)9-7-11)18-13-5-3-4-10-19(13)15/h3-10H,2H2,1H3. The number of esters is 1. The van der Waals surface area contributed by atoms with E-state index >= 15 is 0 Å². The minimum atomic E-state index is -0.388. The Balaban J connectivity index is 2.23. The van der Waals surface area contributed by atoms with Crippen molar-refractivity contribution in [2.75, 3.05) is 6.61 Å². The van der Waals surface area contributed by atoms with Crippen LogP contribution in [0.4, 0.5) is 0 Å². The molecule has 0 aliphatic carbocycles. The molecule has 0 bridgehead atoms. The van der Waals surface area contributed by atoms with E-state index in [4.69, 9.17) is 16.3 Å². The predicted molar refractivity (Wildman–Crippen MR) is 81.6 cm³/mol. The maximum Gasteiger partial charge on any atom is 0.357 e. The predicted octanol–water partition coefficient (Wildman–Crippen LogP) is 3.83. The summed E-state index contributed by atoms with van der Waals surface area (Å²) >= 11 is 5.91. The van der Waals surface area contributed by atoms with Crippen molar-refractivity contribution in [3.05, 3.63) is 59.4 Å². The number of carbonyl (C=O) groups is 1. The van der Waals surface area contributed by atoms with Crippen LogP contribution in [0.15, 0.2) is 48.7 Å². The Bertz CT molecular complexity index is 794. The molecule has 0 aliphatic heterocycles. The van der Waals surface area contributed by atoms with Crippen molar-refractivity contribution in [1.82, 2.24) is 9.38 Å². The van der Waals surface area contributed by atoms with Crippen molar-refractivity contribution < 1.29 is 9.53 Å². The molecule has 5 heteroatoms. The highest BCUT2D eigenvalue weighted by Crippen LogP contribution is 2.26. The summed E-state index contributed by atoms with van der Waals surface area (Å²) < 4.78 is 6.89. The lowest BCUT2D eigenvalue weighted by Gasteiger charge is -2.04. The molecule has 0 N–H and O–H groups in total. The highest BCUT2D eigenvalue weighted by Gasteiger charge is 2.21. The van der Waals surface area contributed by atoms with Crippen LogP contribution in [0.1, 0.15) is 17.4 Å². The van der Waals surface area contributed by atoms with E-state index in [1.54, 1.807) is 29.7 Å². The number of fused-ring (bicyclic) bond motifs is 1. The lowest BCUT2D eigenvalue weighted by molar-refractivity contribution is 0.0519. The fourth-order valence-electron chi connectivity index (χ4n) is 2.20. The fraction of sp³-hybridized carbons (Fsp3) is 0.125. The second-order valence-electron chi connectivity index (χ2n) is 4.47. The highest BCUT2D eigenvalue weighted by molar-refractivity contribution is 6.30. The number of rotatable bonds is 3. The van der Waals surface area contributed by atoms with Crippen molar-refractivity contribution >= 4 is 23.2 Å². The topological polar surface area (TPSA) is 43.6 Å². The van der Waals surface area contributed by atoms with E-state index in [0.29, 0.717) is 28.7 Å². The summed E-state index contributed by atoms with van der Waals surface area (Å²) in [5, 5.41) is 0.639. The third-order valence-corrected chi connectivity index (χ3v) is 3.37. The third-order valence-electron chi connectivity index (χ3n) is 3.12. The number of imidazole rings is 1. The maximum atomic E-state index is 12.3. The molecule has 1 aromatic carbocycles. The monoisotopic (exact) mass is 300 g/mol. The number of ether oxygens (including phenoxy) is 1. The Hall–Kier alpha value is -2.33. The molecule has 106 valence electrons. The van der Waals surface area contributed by atoms with Crippen molar-refractivity contribution in [2.24, 2.45) is 0 Å². The van der Waals surface area contributed by atoms with Crippen LogP contribution in [0.3, 0.4) is 0 Å². The van der Waals surface area contributed by atoms with Gasteiger partial charge in [0.05, 0.1) is 6.61 Å². The number of carbonyl (C=O) groups excluding carboxylic acids is 1. The Morgan fingerprint density at radius 1 is 1.24 bits per heavy atom. The molecule has 0 saturated carbocycles. The second-order valence-corrected chi connectivity index (χ2v) is 4.90. The summed E-state index contributed by atoms with van der Waals surface area (Å²) in [4.78, 5) is 16.8. The van der Waals surface area contributed by atoms with Crippen LogP contribution in [-0.2, 0) is 4.74 Å². The van der Waals surface area contributed by atoms with Gasteiger partial charge in [0.25, 0.3) is 0 Å². The number of halogens is 1. The van der Waals surface area contributed by atoms with E-state index in [-0.39, 0.29) is 5.97 Å². The minimum Gasteiger partial charge on any atom is -0.461 e. The highest BCUT2D eigenvalue weighted by atomic mass is 35.5. The molecule has 3 rings (SSSR count). The molecule has 0 atom stereocenters. The first-order valence-corrected chi connectivity index (χ1v) is 6.98. The van der Waals surface area contributed by atoms with Crippen molar-refractivity contribution in [3.63, 3.8) is 0 Å². The average molecular weight is 301 g/mol. The Kier molecular flexibility index (Phi) is 3.62. The van der Waals surface area contributed by atoms with Gasteiger partial charge in [0, 0.05) is 16.8 Å². The summed E-state index contributed by atoms with van der Waals surface area (Å²) in [5.74, 6) is -0.388. The Morgan fingerprint density at radius 3 is 2.71 bits per heavy atom. The molecule has 0 fully saturated rings. The summed E-state index contributed by atoms with van der Waals surface area (Å²) in [5.41, 5.74) is 2.54. The molecule has 0 saturated heterocycles. The number of hydrogen-bond donors (Lipinski definition) is 0. The largest absolute Gasteiger partial charge is 0.461 e. The van der Waals surface area contributed by atoms with Gasteiger partial charge in [-0.05, 0) is 31.2 Å². The van der Waals surface area contributed by atoms with E-state index in [1.807, 2.05) is 30.3 Å². The lowest BCUT2D eigenvalue weighted by Crippen LogP contribution is -2.09. The van der Waals surface area contributed by atoms with Crippen LogP contribution in [-0.4, -0.2) is 22.0 Å². The Morgan fingerprint density at radius 2 is 2.00 bits per heavy atom. The van der Waals surface area contributed by atoms with Crippen LogP contribution < -0.4 is 0 Å². The molecule has 0 radical (unpaired) electrons. The fourth-order valence-corrected chi connectivity index (χ4v) is 2.33. The Labute approximate surface area is 126 Å². The first-order chi connectivity index (χ1) is 10.2. The summed E-state index contributed by atoms with van der Waals surface area (Å²) in [6, 6.07) is 12.8. The van der Waals surface area contributed by atoms with E-state index in [1.165, 1.54) is 0 Å². The van der Waals surface area contributed by atoms with Gasteiger partial charge in [-0.3, -0.25) is 4.40 Å². The third kappa shape index (κ3) is 2.50. The van der Waals surface area contributed by atoms with Gasteiger partial charge in [0.2, 0.25) is 0 Å². The number of benzene rings is 1. The van der Waals surface area contributed by atoms with Gasteiger partial charge in [-0.25, -0.2) is 9.78 Å². The van der Waals surface area contributed by atoms with Gasteiger partial charge in [0.1, 0.15) is 11.3 Å². The van der Waals surface area contributed by atoms with Gasteiger partial charge in [-0.15, -0.1) is 0 Å². The quantitative estimate of drug-likeness (QED) is 0.690. The SMILES string of the molecule is CCOC(=O)c1c(-c2ccc(Cl)cc2)nc2ccccn12. The lowest BCUT2D eigenvalue weighted by atomic mass is 10.1. The van der Waals surface area contributed by atoms with Crippen molar-refractivity contribution in [2.45, 2.75) is 6.92 Å². The first-order valence-electron chi connectivity index (χ1n) is 6.61. The van der Waals surface area contributed by atoms with Gasteiger partial charge in [-0.1, -0.05) is 29.8 Å². The van der Waals surface area contributed by atoms with Gasteiger partial charge in [-0.2, -0.15) is 0 Å². The van der Waals surface area contributed by atoms with Gasteiger partial charge >= 0.3 is 5.97 Å². The van der Waals surface area contributed by atoms with E-state index in [0.717, 1.165) is 5.56 Å². The zero-order chi connectivity index (χ0) is 14.8. The van der Waals surface area contributed by atoms with Crippen LogP contribution >= 0.6 is 11.6 Å². The molecule has 0 aliphatic rings. The zero-order valence-electron chi connectivity index (χ0n) is 11.4. The molecule has 2 aromatic heterocycles. The van der Waals surface area contributed by atoms with E-state index in [9.17, 15) is 4.79 Å². The maximum absolute atomic E-state index is 12.3. The van der Waals surface area contributed by atoms with Gasteiger partial charge < -0.3 is 4.74 Å². The minimum absolute atomic E-state index is 0.318. The molecular weight excluding hydrogens is 288 g/mol. The summed E-state index contributed by atoms with van der Waals surface area (Å²) in [7, 11) is 0. The smallest absolute Gasteiger partial charge is 0.357 e. The van der Waals surface area contributed by atoms with E-state index < -0.39 is 0 Å². The normalized spacial score (nSPS) is 10.8. The number of pyridine rings is 1. The summed E-state index contributed by atoms with van der Waals surface area (Å²) in [6.07, 6.45) is 1.80. The van der Waals surface area contributed by atoms with Gasteiger partial charge in [0.15, 0.2) is 5.69 Å². The van der Waals surface area contributed by atoms with Crippen LogP contribution in [0, 0.1) is 0 Å². The molecular formula is C16H13ClN2O2. The molecule has 3 aromatic rings. The number of nitrogens with zero attached hydrogens (tertiary/aromatic N) is 2. The molecule has 0 unspecified atom stereocenters. The molecule has 4 nitrogen and oxygen atoms in total. The first kappa shape index (κ1) is 13.6. The molecule has 0 amide bonds.